The first-order chi connectivity index (χ1) is 8.46. The van der Waals surface area contributed by atoms with Gasteiger partial charge in [-0.25, -0.2) is 0 Å². The van der Waals surface area contributed by atoms with Crippen molar-refractivity contribution < 1.29 is 19.8 Å². The summed E-state index contributed by atoms with van der Waals surface area (Å²) in [6, 6.07) is 0. The summed E-state index contributed by atoms with van der Waals surface area (Å²) in [5.74, 6) is -2.67. The average Bonchev–Trinajstić information content (AvgIpc) is 2.23. The van der Waals surface area contributed by atoms with Crippen LogP contribution in [0.2, 0.25) is 0 Å². The van der Waals surface area contributed by atoms with Crippen LogP contribution in [0.25, 0.3) is 0 Å². The van der Waals surface area contributed by atoms with Crippen LogP contribution in [0, 0.1) is 5.92 Å². The van der Waals surface area contributed by atoms with Crippen molar-refractivity contribution in [1.29, 1.82) is 0 Å². The summed E-state index contributed by atoms with van der Waals surface area (Å²) in [5.41, 5.74) is 5.55. The molecule has 4 N–H and O–H groups in total. The minimum atomic E-state index is -0.962. The van der Waals surface area contributed by atoms with E-state index in [1.54, 1.807) is 0 Å². The number of carbonyl (C=O) groups is 2. The highest BCUT2D eigenvalue weighted by atomic mass is 16.4. The lowest BCUT2D eigenvalue weighted by Gasteiger charge is -2.36. The van der Waals surface area contributed by atoms with E-state index in [1.165, 1.54) is 6.42 Å². The second-order valence-electron chi connectivity index (χ2n) is 5.32. The Morgan fingerprint density at radius 3 is 2.00 bits per heavy atom. The number of nitrogens with two attached hydrogens (primary N) is 1. The number of carboxylic acids is 2. The fourth-order valence-electron chi connectivity index (χ4n) is 2.84. The van der Waals surface area contributed by atoms with Crippen molar-refractivity contribution in [3.63, 3.8) is 0 Å². The van der Waals surface area contributed by atoms with E-state index in [2.05, 4.69) is 0 Å². The monoisotopic (exact) mass is 257 g/mol. The molecule has 0 bridgehead atoms. The van der Waals surface area contributed by atoms with Crippen molar-refractivity contribution in [1.82, 2.24) is 0 Å². The lowest BCUT2D eigenvalue weighted by atomic mass is 9.73. The molecule has 5 heteroatoms. The minimum Gasteiger partial charge on any atom is -0.481 e. The van der Waals surface area contributed by atoms with E-state index in [-0.39, 0.29) is 12.8 Å². The Bertz CT molecular complexity index is 295. The van der Waals surface area contributed by atoms with Crippen LogP contribution in [0.15, 0.2) is 0 Å². The maximum Gasteiger partial charge on any atom is 0.308 e. The Morgan fingerprint density at radius 1 is 1.06 bits per heavy atom. The van der Waals surface area contributed by atoms with Crippen molar-refractivity contribution in [2.75, 3.05) is 0 Å². The molecule has 0 heterocycles. The molecule has 0 aromatic heterocycles. The first kappa shape index (κ1) is 15.0. The molecular weight excluding hydrogens is 234 g/mol. The third-order valence-electron chi connectivity index (χ3n) is 3.92. The third kappa shape index (κ3) is 4.29. The van der Waals surface area contributed by atoms with Crippen LogP contribution in [-0.4, -0.2) is 27.7 Å². The molecule has 1 saturated carbocycles. The average molecular weight is 257 g/mol. The van der Waals surface area contributed by atoms with E-state index in [0.717, 1.165) is 25.7 Å². The van der Waals surface area contributed by atoms with Gasteiger partial charge in [-0.05, 0) is 19.3 Å². The SMILES string of the molecule is NC1(C(CCC(=O)O)C(=O)O)CCCCCCC1. The van der Waals surface area contributed by atoms with Gasteiger partial charge in [0.25, 0.3) is 0 Å². The molecule has 1 atom stereocenters. The predicted molar refractivity (Wildman–Crippen MR) is 67.2 cm³/mol. The third-order valence-corrected chi connectivity index (χ3v) is 3.92. The van der Waals surface area contributed by atoms with Crippen LogP contribution < -0.4 is 5.73 Å². The second kappa shape index (κ2) is 6.73. The maximum absolute atomic E-state index is 11.3. The van der Waals surface area contributed by atoms with E-state index < -0.39 is 23.4 Å². The standard InChI is InChI=1S/C13H23NO4/c14-13(8-4-2-1-3-5-9-13)10(12(17)18)6-7-11(15)16/h10H,1-9,14H2,(H,15,16)(H,17,18). The summed E-state index contributed by atoms with van der Waals surface area (Å²) >= 11 is 0. The van der Waals surface area contributed by atoms with Gasteiger partial charge in [-0.2, -0.15) is 0 Å². The van der Waals surface area contributed by atoms with Crippen LogP contribution in [0.4, 0.5) is 0 Å². The number of carboxylic acid groups (broad SMARTS) is 2. The second-order valence-corrected chi connectivity index (χ2v) is 5.32. The molecule has 18 heavy (non-hydrogen) atoms. The molecule has 1 unspecified atom stereocenters. The normalized spacial score (nSPS) is 21.6. The zero-order valence-corrected chi connectivity index (χ0v) is 10.7. The van der Waals surface area contributed by atoms with Crippen LogP contribution in [0.1, 0.15) is 57.8 Å². The number of hydrogen-bond acceptors (Lipinski definition) is 3. The molecule has 1 rings (SSSR count). The maximum atomic E-state index is 11.3. The summed E-state index contributed by atoms with van der Waals surface area (Å²) in [4.78, 5) is 21.9. The van der Waals surface area contributed by atoms with Gasteiger partial charge in [0.15, 0.2) is 0 Å². The van der Waals surface area contributed by atoms with Crippen molar-refractivity contribution in [2.45, 2.75) is 63.3 Å². The van der Waals surface area contributed by atoms with Gasteiger partial charge in [-0.15, -0.1) is 0 Å². The molecule has 0 radical (unpaired) electrons. The lowest BCUT2D eigenvalue weighted by Crippen LogP contribution is -2.51. The molecule has 0 aromatic rings. The number of hydrogen-bond donors (Lipinski definition) is 3. The Hall–Kier alpha value is -1.10. The van der Waals surface area contributed by atoms with Crippen molar-refractivity contribution in [3.8, 4) is 0 Å². The van der Waals surface area contributed by atoms with Crippen molar-refractivity contribution in [3.05, 3.63) is 0 Å². The van der Waals surface area contributed by atoms with Gasteiger partial charge in [0.1, 0.15) is 0 Å². The number of aliphatic carboxylic acids is 2. The fraction of sp³-hybridized carbons (Fsp3) is 0.846. The molecule has 0 aliphatic heterocycles. The molecule has 0 spiro atoms. The summed E-state index contributed by atoms with van der Waals surface area (Å²) in [6.07, 6.45) is 6.60. The Labute approximate surface area is 107 Å². The largest absolute Gasteiger partial charge is 0.481 e. The van der Waals surface area contributed by atoms with Gasteiger partial charge in [0, 0.05) is 12.0 Å². The first-order valence-electron chi connectivity index (χ1n) is 6.69. The molecule has 5 nitrogen and oxygen atoms in total. The molecular formula is C13H23NO4. The zero-order chi connectivity index (χ0) is 13.6. The van der Waals surface area contributed by atoms with Gasteiger partial charge in [0.2, 0.25) is 0 Å². The highest BCUT2D eigenvalue weighted by molar-refractivity contribution is 5.73. The van der Waals surface area contributed by atoms with E-state index in [1.807, 2.05) is 0 Å². The summed E-state index contributed by atoms with van der Waals surface area (Å²) in [6.45, 7) is 0. The van der Waals surface area contributed by atoms with Gasteiger partial charge in [-0.1, -0.05) is 32.1 Å². The van der Waals surface area contributed by atoms with E-state index >= 15 is 0 Å². The Balaban J connectivity index is 2.72. The minimum absolute atomic E-state index is 0.126. The molecule has 0 amide bonds. The summed E-state index contributed by atoms with van der Waals surface area (Å²) in [7, 11) is 0. The Kier molecular flexibility index (Phi) is 5.59. The summed E-state index contributed by atoms with van der Waals surface area (Å²) < 4.78 is 0. The molecule has 1 aliphatic carbocycles. The topological polar surface area (TPSA) is 101 Å². The van der Waals surface area contributed by atoms with Crippen LogP contribution in [0.3, 0.4) is 0 Å². The van der Waals surface area contributed by atoms with Gasteiger partial charge in [-0.3, -0.25) is 9.59 Å². The smallest absolute Gasteiger partial charge is 0.308 e. The van der Waals surface area contributed by atoms with Crippen LogP contribution >= 0.6 is 0 Å². The fourth-order valence-corrected chi connectivity index (χ4v) is 2.84. The molecule has 0 aromatic carbocycles. The first-order valence-corrected chi connectivity index (χ1v) is 6.69. The lowest BCUT2D eigenvalue weighted by molar-refractivity contribution is -0.145. The molecule has 104 valence electrons. The Morgan fingerprint density at radius 2 is 1.56 bits per heavy atom. The number of rotatable bonds is 5. The van der Waals surface area contributed by atoms with E-state index in [4.69, 9.17) is 10.8 Å². The van der Waals surface area contributed by atoms with Gasteiger partial charge >= 0.3 is 11.9 Å². The zero-order valence-electron chi connectivity index (χ0n) is 10.7. The molecule has 0 saturated heterocycles. The van der Waals surface area contributed by atoms with Crippen LogP contribution in [0.5, 0.6) is 0 Å². The predicted octanol–water partition coefficient (Wildman–Crippen LogP) is 1.99. The summed E-state index contributed by atoms with van der Waals surface area (Å²) in [5, 5.41) is 18.0. The van der Waals surface area contributed by atoms with E-state index in [9.17, 15) is 14.7 Å². The van der Waals surface area contributed by atoms with Crippen molar-refractivity contribution in [2.24, 2.45) is 11.7 Å². The highest BCUT2D eigenvalue weighted by Crippen LogP contribution is 2.33. The van der Waals surface area contributed by atoms with Gasteiger partial charge < -0.3 is 15.9 Å². The van der Waals surface area contributed by atoms with Crippen molar-refractivity contribution >= 4 is 11.9 Å². The molecule has 1 fully saturated rings. The van der Waals surface area contributed by atoms with E-state index in [0.29, 0.717) is 12.8 Å². The van der Waals surface area contributed by atoms with Crippen LogP contribution in [-0.2, 0) is 9.59 Å². The molecule has 1 aliphatic rings. The quantitative estimate of drug-likeness (QED) is 0.699. The van der Waals surface area contributed by atoms with Gasteiger partial charge in [0.05, 0.1) is 5.92 Å². The highest BCUT2D eigenvalue weighted by Gasteiger charge is 2.39.